The summed E-state index contributed by atoms with van der Waals surface area (Å²) in [6.45, 7) is 4.00. The zero-order valence-corrected chi connectivity index (χ0v) is 37.7. The number of nitrogens with zero attached hydrogens (tertiary/aromatic N) is 2. The quantitative estimate of drug-likeness (QED) is 0.162. The van der Waals surface area contributed by atoms with Crippen molar-refractivity contribution in [1.82, 2.24) is 9.13 Å². The fourth-order valence-corrected chi connectivity index (χ4v) is 10.3. The summed E-state index contributed by atoms with van der Waals surface area (Å²) < 4.78 is 17.5. The minimum atomic E-state index is 0.886. The molecule has 4 aromatic heterocycles. The fraction of sp³-hybridized carbons (Fsp3) is 0.0312. The first-order valence-corrected chi connectivity index (χ1v) is 23.3. The number of aromatic nitrogens is 2. The lowest BCUT2D eigenvalue weighted by Gasteiger charge is -2.10. The Bertz CT molecular complexity index is 4000. The van der Waals surface area contributed by atoms with Crippen LogP contribution in [0.4, 0.5) is 0 Å². The summed E-state index contributed by atoms with van der Waals surface area (Å²) >= 11 is 0. The highest BCUT2D eigenvalue weighted by molar-refractivity contribution is 6.14. The zero-order chi connectivity index (χ0) is 45.3. The molecular formula is C64H44N2O2. The minimum Gasteiger partial charge on any atom is -0.456 e. The van der Waals surface area contributed by atoms with Crippen LogP contribution in [0.1, 0.15) is 13.8 Å². The van der Waals surface area contributed by atoms with Gasteiger partial charge in [0, 0.05) is 54.5 Å². The minimum absolute atomic E-state index is 0.886. The largest absolute Gasteiger partial charge is 0.456 e. The number of fused-ring (bicyclic) bond motifs is 12. The molecule has 0 aliphatic heterocycles. The first-order chi connectivity index (χ1) is 33.6. The fourth-order valence-electron chi connectivity index (χ4n) is 10.3. The van der Waals surface area contributed by atoms with E-state index in [0.29, 0.717) is 0 Å². The summed E-state index contributed by atoms with van der Waals surface area (Å²) in [7, 11) is 0. The molecule has 0 saturated carbocycles. The van der Waals surface area contributed by atoms with Gasteiger partial charge in [0.05, 0.1) is 22.1 Å². The van der Waals surface area contributed by atoms with Gasteiger partial charge in [-0.1, -0.05) is 133 Å². The molecule has 0 saturated heterocycles. The van der Waals surface area contributed by atoms with Crippen molar-refractivity contribution in [3.05, 3.63) is 231 Å². The van der Waals surface area contributed by atoms with E-state index in [0.717, 1.165) is 66.3 Å². The van der Waals surface area contributed by atoms with E-state index in [1.165, 1.54) is 66.0 Å². The first-order valence-electron chi connectivity index (χ1n) is 23.3. The third-order valence-corrected chi connectivity index (χ3v) is 13.6. The molecule has 4 heteroatoms. The van der Waals surface area contributed by atoms with Gasteiger partial charge in [-0.15, -0.1) is 0 Å². The van der Waals surface area contributed by atoms with Crippen LogP contribution >= 0.6 is 0 Å². The summed E-state index contributed by atoms with van der Waals surface area (Å²) in [4.78, 5) is 0. The molecule has 68 heavy (non-hydrogen) atoms. The van der Waals surface area contributed by atoms with Crippen LogP contribution in [0.25, 0.3) is 132 Å². The van der Waals surface area contributed by atoms with Crippen molar-refractivity contribution in [3.63, 3.8) is 0 Å². The van der Waals surface area contributed by atoms with Crippen LogP contribution in [0.2, 0.25) is 0 Å². The van der Waals surface area contributed by atoms with Gasteiger partial charge in [-0.2, -0.15) is 0 Å². The molecule has 0 amide bonds. The average Bonchev–Trinajstić information content (AvgIpc) is 4.15. The summed E-state index contributed by atoms with van der Waals surface area (Å²) in [6.07, 6.45) is 4.00. The van der Waals surface area contributed by atoms with Gasteiger partial charge < -0.3 is 18.0 Å². The van der Waals surface area contributed by atoms with Crippen LogP contribution in [0.15, 0.2) is 239 Å². The van der Waals surface area contributed by atoms with Crippen LogP contribution in [0.3, 0.4) is 0 Å². The summed E-state index contributed by atoms with van der Waals surface area (Å²) in [6, 6.07) is 78.6. The highest BCUT2D eigenvalue weighted by atomic mass is 16.3. The molecule has 0 N–H and O–H groups in total. The topological polar surface area (TPSA) is 36.1 Å². The van der Waals surface area contributed by atoms with Gasteiger partial charge in [0.1, 0.15) is 22.3 Å². The monoisotopic (exact) mass is 872 g/mol. The second-order valence-electron chi connectivity index (χ2n) is 17.6. The van der Waals surface area contributed by atoms with Crippen molar-refractivity contribution in [2.45, 2.75) is 13.8 Å². The maximum absolute atomic E-state index is 6.37. The molecule has 0 bridgehead atoms. The molecule has 0 radical (unpaired) electrons. The van der Waals surface area contributed by atoms with Crippen LogP contribution in [-0.4, -0.2) is 9.13 Å². The van der Waals surface area contributed by atoms with Crippen LogP contribution in [-0.2, 0) is 0 Å². The zero-order valence-electron chi connectivity index (χ0n) is 37.7. The average molecular weight is 873 g/mol. The molecule has 0 unspecified atom stereocenters. The summed E-state index contributed by atoms with van der Waals surface area (Å²) in [5.74, 6) is 0. The highest BCUT2D eigenvalue weighted by Crippen LogP contribution is 2.41. The molecule has 14 aromatic rings. The Hall–Kier alpha value is -8.86. The third kappa shape index (κ3) is 6.37. The Morgan fingerprint density at radius 2 is 0.588 bits per heavy atom. The van der Waals surface area contributed by atoms with Crippen molar-refractivity contribution in [1.29, 1.82) is 0 Å². The van der Waals surface area contributed by atoms with E-state index >= 15 is 0 Å². The maximum Gasteiger partial charge on any atom is 0.135 e. The number of allylic oxidation sites excluding steroid dienone is 2. The molecule has 0 aliphatic carbocycles. The van der Waals surface area contributed by atoms with E-state index in [1.54, 1.807) is 0 Å². The number of benzene rings is 10. The van der Waals surface area contributed by atoms with Crippen molar-refractivity contribution in [3.8, 4) is 44.8 Å². The molecule has 4 nitrogen and oxygen atoms in total. The van der Waals surface area contributed by atoms with Gasteiger partial charge >= 0.3 is 0 Å². The molecule has 0 atom stereocenters. The Morgan fingerprint density at radius 3 is 1.01 bits per heavy atom. The normalized spacial score (nSPS) is 11.9. The molecular weight excluding hydrogens is 829 g/mol. The standard InChI is InChI=1S/C60H36N2O2.C4H8/c1-3-11-37(12-4-1)39-21-27-57-49(33-39)51-35-43(23-29-59(51)63-57)61-53-17-9-7-15-45(53)47-31-41(19-25-55(47)61)42-20-26-56-48(32-42)46-16-8-10-18-54(46)62(56)44-24-30-60-52(36-44)50-34-40(22-28-58(50)64-60)38-13-5-2-6-14-38;1-3-4-2/h1-36H;3-4H,1-2H3/b;4-3-. The second kappa shape index (κ2) is 15.9. The Labute approximate surface area is 392 Å². The van der Waals surface area contributed by atoms with E-state index in [4.69, 9.17) is 8.83 Å². The number of hydrogen-bond donors (Lipinski definition) is 0. The summed E-state index contributed by atoms with van der Waals surface area (Å²) in [5, 5.41) is 9.32. The van der Waals surface area contributed by atoms with Crippen molar-refractivity contribution in [2.75, 3.05) is 0 Å². The number of rotatable bonds is 5. The van der Waals surface area contributed by atoms with E-state index < -0.39 is 0 Å². The van der Waals surface area contributed by atoms with Crippen LogP contribution in [0.5, 0.6) is 0 Å². The van der Waals surface area contributed by atoms with Gasteiger partial charge in [-0.05, 0) is 144 Å². The van der Waals surface area contributed by atoms with Gasteiger partial charge in [0.25, 0.3) is 0 Å². The summed E-state index contributed by atoms with van der Waals surface area (Å²) in [5.41, 5.74) is 17.5. The predicted molar refractivity (Wildman–Crippen MR) is 286 cm³/mol. The van der Waals surface area contributed by atoms with E-state index in [-0.39, 0.29) is 0 Å². The highest BCUT2D eigenvalue weighted by Gasteiger charge is 2.19. The lowest BCUT2D eigenvalue weighted by molar-refractivity contribution is 0.668. The van der Waals surface area contributed by atoms with Crippen molar-refractivity contribution in [2.24, 2.45) is 0 Å². The van der Waals surface area contributed by atoms with Gasteiger partial charge in [0.15, 0.2) is 0 Å². The predicted octanol–water partition coefficient (Wildman–Crippen LogP) is 18.3. The van der Waals surface area contributed by atoms with Crippen molar-refractivity contribution < 1.29 is 8.83 Å². The van der Waals surface area contributed by atoms with Crippen LogP contribution in [0, 0.1) is 0 Å². The molecule has 0 spiro atoms. The van der Waals surface area contributed by atoms with E-state index in [2.05, 4.69) is 228 Å². The molecule has 0 fully saturated rings. The van der Waals surface area contributed by atoms with Gasteiger partial charge in [-0.25, -0.2) is 0 Å². The van der Waals surface area contributed by atoms with E-state index in [1.807, 2.05) is 26.0 Å². The Kier molecular flexibility index (Phi) is 9.26. The number of hydrogen-bond acceptors (Lipinski definition) is 2. The van der Waals surface area contributed by atoms with Gasteiger partial charge in [-0.3, -0.25) is 0 Å². The van der Waals surface area contributed by atoms with E-state index in [9.17, 15) is 0 Å². The Morgan fingerprint density at radius 1 is 0.265 bits per heavy atom. The second-order valence-corrected chi connectivity index (χ2v) is 17.6. The molecule has 0 aliphatic rings. The lowest BCUT2D eigenvalue weighted by atomic mass is 10.0. The maximum atomic E-state index is 6.37. The lowest BCUT2D eigenvalue weighted by Crippen LogP contribution is -1.94. The Balaban J connectivity index is 0.00000110. The number of furan rings is 2. The molecule has 4 heterocycles. The number of para-hydroxylation sites is 2. The van der Waals surface area contributed by atoms with Gasteiger partial charge in [0.2, 0.25) is 0 Å². The molecule has 322 valence electrons. The first kappa shape index (κ1) is 39.5. The van der Waals surface area contributed by atoms with Crippen molar-refractivity contribution >= 4 is 87.5 Å². The third-order valence-electron chi connectivity index (χ3n) is 13.6. The molecule has 14 rings (SSSR count). The molecule has 10 aromatic carbocycles. The smallest absolute Gasteiger partial charge is 0.135 e. The SMILES string of the molecule is C/C=C\C.c1ccc(-c2ccc3oc4ccc(-n5c6ccccc6c6cc(-c7ccc8c(c7)c7ccccc7n8-c7ccc8oc9ccc(-c%10ccccc%10)cc9c8c7)ccc65)cc4c3c2)cc1. The van der Waals surface area contributed by atoms with Crippen LogP contribution < -0.4 is 0 Å².